The second-order valence-electron chi connectivity index (χ2n) is 7.99. The molecule has 3 rings (SSSR count). The van der Waals surface area contributed by atoms with E-state index in [0.717, 1.165) is 37.5 Å². The minimum atomic E-state index is -0.671. The van der Waals surface area contributed by atoms with E-state index >= 15 is 0 Å². The van der Waals surface area contributed by atoms with Crippen molar-refractivity contribution in [3.63, 3.8) is 0 Å². The highest BCUT2D eigenvalue weighted by Crippen LogP contribution is 2.32. The number of nitrogens with one attached hydrogen (secondary N) is 1. The molecule has 2 aliphatic rings. The van der Waals surface area contributed by atoms with Crippen LogP contribution in [-0.2, 0) is 9.53 Å². The Labute approximate surface area is 169 Å². The molecular weight excluding hydrogens is 378 g/mol. The molecule has 0 spiro atoms. The second kappa shape index (κ2) is 8.67. The number of nitrogens with zero attached hydrogens (tertiary/aromatic N) is 3. The quantitative estimate of drug-likeness (QED) is 0.692. The fourth-order valence-electron chi connectivity index (χ4n) is 3.60. The van der Waals surface area contributed by atoms with E-state index < -0.39 is 17.6 Å². The molecule has 2 aliphatic heterocycles. The number of aliphatic imine (C=N–C) groups is 1. The van der Waals surface area contributed by atoms with E-state index in [2.05, 4.69) is 15.3 Å². The average molecular weight is 408 g/mol. The molecule has 0 saturated carbocycles. The van der Waals surface area contributed by atoms with Crippen LogP contribution in [0, 0.1) is 5.41 Å². The predicted octanol–water partition coefficient (Wildman–Crippen LogP) is 1.38. The minimum Gasteiger partial charge on any atom is -0.381 e. The van der Waals surface area contributed by atoms with Crippen LogP contribution in [0.3, 0.4) is 0 Å². The Hall–Kier alpha value is -1.84. The van der Waals surface area contributed by atoms with Gasteiger partial charge in [-0.25, -0.2) is 4.98 Å². The Bertz CT molecular complexity index is 742. The van der Waals surface area contributed by atoms with Crippen molar-refractivity contribution < 1.29 is 14.3 Å². The van der Waals surface area contributed by atoms with Crippen molar-refractivity contribution in [3.05, 3.63) is 16.1 Å². The lowest BCUT2D eigenvalue weighted by atomic mass is 9.92. The zero-order valence-electron chi connectivity index (χ0n) is 16.7. The fourth-order valence-corrected chi connectivity index (χ4v) is 4.57. The third-order valence-corrected chi connectivity index (χ3v) is 6.49. The van der Waals surface area contributed by atoms with Gasteiger partial charge in [0.2, 0.25) is 5.91 Å². The molecule has 2 unspecified atom stereocenters. The number of hydrogen-bond acceptors (Lipinski definition) is 7. The molecule has 8 nitrogen and oxygen atoms in total. The average Bonchev–Trinajstić information content (AvgIpc) is 3.27. The number of carbonyl (C=O) groups is 2. The van der Waals surface area contributed by atoms with Crippen molar-refractivity contribution in [3.8, 4) is 0 Å². The first-order chi connectivity index (χ1) is 13.3. The van der Waals surface area contributed by atoms with E-state index in [-0.39, 0.29) is 11.8 Å². The maximum atomic E-state index is 12.7. The Morgan fingerprint density at radius 3 is 2.82 bits per heavy atom. The smallest absolute Gasteiger partial charge is 0.271 e. The fraction of sp³-hybridized carbons (Fsp3) is 0.684. The van der Waals surface area contributed by atoms with E-state index in [1.54, 1.807) is 23.5 Å². The van der Waals surface area contributed by atoms with Gasteiger partial charge in [-0.2, -0.15) is 0 Å². The van der Waals surface area contributed by atoms with Crippen LogP contribution >= 0.6 is 11.3 Å². The molecule has 2 amide bonds. The van der Waals surface area contributed by atoms with Crippen LogP contribution in [0.4, 0.5) is 0 Å². The molecule has 2 fully saturated rings. The summed E-state index contributed by atoms with van der Waals surface area (Å²) < 4.78 is 5.39. The van der Waals surface area contributed by atoms with Gasteiger partial charge in [-0.3, -0.25) is 14.6 Å². The van der Waals surface area contributed by atoms with Crippen LogP contribution in [-0.4, -0.2) is 66.9 Å². The van der Waals surface area contributed by atoms with Crippen molar-refractivity contribution in [1.29, 1.82) is 0 Å². The van der Waals surface area contributed by atoms with Crippen molar-refractivity contribution in [1.82, 2.24) is 15.2 Å². The van der Waals surface area contributed by atoms with E-state index in [1.807, 2.05) is 13.8 Å². The zero-order valence-corrected chi connectivity index (χ0v) is 17.5. The Balaban J connectivity index is 1.68. The maximum absolute atomic E-state index is 12.7. The van der Waals surface area contributed by atoms with Crippen LogP contribution in [0.1, 0.15) is 54.5 Å². The van der Waals surface area contributed by atoms with Gasteiger partial charge >= 0.3 is 0 Å². The monoisotopic (exact) mass is 407 g/mol. The summed E-state index contributed by atoms with van der Waals surface area (Å²) >= 11 is 1.50. The SMILES string of the molecule is CN=CC(NC(=O)c1csc(C2CCOCC2)n1)C(N)N1CCC(C)(C)C1=O. The molecule has 3 heterocycles. The van der Waals surface area contributed by atoms with Gasteiger partial charge in [-0.05, 0) is 19.3 Å². The van der Waals surface area contributed by atoms with Crippen LogP contribution < -0.4 is 11.1 Å². The van der Waals surface area contributed by atoms with E-state index in [0.29, 0.717) is 18.2 Å². The molecule has 9 heteroatoms. The van der Waals surface area contributed by atoms with Crippen LogP contribution in [0.15, 0.2) is 10.4 Å². The maximum Gasteiger partial charge on any atom is 0.271 e. The van der Waals surface area contributed by atoms with E-state index in [4.69, 9.17) is 10.5 Å². The standard InChI is InChI=1S/C19H29N5O3S/c1-19(2)6-7-24(18(19)26)15(20)13(10-21-3)22-16(25)14-11-28-17(23-14)12-4-8-27-9-5-12/h10-13,15H,4-9,20H2,1-3H3,(H,22,25). The third kappa shape index (κ3) is 4.42. The van der Waals surface area contributed by atoms with Gasteiger partial charge in [0.05, 0.1) is 11.0 Å². The highest BCUT2D eigenvalue weighted by Gasteiger charge is 2.42. The largest absolute Gasteiger partial charge is 0.381 e. The number of nitrogens with two attached hydrogens (primary N) is 1. The van der Waals surface area contributed by atoms with Crippen LogP contribution in [0.25, 0.3) is 0 Å². The molecule has 0 aliphatic carbocycles. The number of amides is 2. The summed E-state index contributed by atoms with van der Waals surface area (Å²) in [7, 11) is 1.62. The molecule has 3 N–H and O–H groups in total. The zero-order chi connectivity index (χ0) is 20.3. The highest BCUT2D eigenvalue weighted by atomic mass is 32.1. The molecule has 0 aromatic carbocycles. The van der Waals surface area contributed by atoms with Crippen molar-refractivity contribution in [2.45, 2.75) is 51.2 Å². The number of rotatable bonds is 6. The first-order valence-corrected chi connectivity index (χ1v) is 10.5. The number of likely N-dealkylation sites (tertiary alicyclic amines) is 1. The Morgan fingerprint density at radius 2 is 2.21 bits per heavy atom. The number of carbonyl (C=O) groups excluding carboxylic acids is 2. The summed E-state index contributed by atoms with van der Waals surface area (Å²) in [4.78, 5) is 35.5. The molecule has 1 aromatic rings. The first kappa shape index (κ1) is 20.9. The van der Waals surface area contributed by atoms with Crippen LogP contribution in [0.2, 0.25) is 0 Å². The molecule has 0 radical (unpaired) electrons. The van der Waals surface area contributed by atoms with Gasteiger partial charge in [-0.15, -0.1) is 11.3 Å². The molecule has 1 aromatic heterocycles. The van der Waals surface area contributed by atoms with E-state index in [1.165, 1.54) is 11.3 Å². The Morgan fingerprint density at radius 1 is 1.50 bits per heavy atom. The van der Waals surface area contributed by atoms with Gasteiger partial charge in [0.15, 0.2) is 0 Å². The number of hydrogen-bond donors (Lipinski definition) is 2. The second-order valence-corrected chi connectivity index (χ2v) is 8.88. The summed E-state index contributed by atoms with van der Waals surface area (Å²) in [6.45, 7) is 5.86. The van der Waals surface area contributed by atoms with Gasteiger partial charge in [0, 0.05) is 49.7 Å². The van der Waals surface area contributed by atoms with Crippen molar-refractivity contribution in [2.75, 3.05) is 26.8 Å². The predicted molar refractivity (Wildman–Crippen MR) is 109 cm³/mol. The van der Waals surface area contributed by atoms with Crippen molar-refractivity contribution >= 4 is 29.4 Å². The summed E-state index contributed by atoms with van der Waals surface area (Å²) in [6, 6.07) is -0.580. The molecule has 154 valence electrons. The topological polar surface area (TPSA) is 110 Å². The summed E-state index contributed by atoms with van der Waals surface area (Å²) in [6.07, 6.45) is 3.50. The lowest BCUT2D eigenvalue weighted by Gasteiger charge is -2.31. The number of aromatic nitrogens is 1. The van der Waals surface area contributed by atoms with Gasteiger partial charge in [0.25, 0.3) is 5.91 Å². The number of thiazole rings is 1. The summed E-state index contributed by atoms with van der Waals surface area (Å²) in [5.41, 5.74) is 6.29. The van der Waals surface area contributed by atoms with Crippen molar-refractivity contribution in [2.24, 2.45) is 16.1 Å². The molecule has 28 heavy (non-hydrogen) atoms. The summed E-state index contributed by atoms with van der Waals surface area (Å²) in [5.74, 6) is 0.0417. The number of ether oxygens (including phenoxy) is 1. The third-order valence-electron chi connectivity index (χ3n) is 5.48. The van der Waals surface area contributed by atoms with Gasteiger partial charge < -0.3 is 20.7 Å². The normalized spacial score (nSPS) is 22.6. The van der Waals surface area contributed by atoms with Crippen LogP contribution in [0.5, 0.6) is 0 Å². The summed E-state index contributed by atoms with van der Waals surface area (Å²) in [5, 5.41) is 5.63. The molecule has 0 bridgehead atoms. The van der Waals surface area contributed by atoms with Gasteiger partial charge in [-0.1, -0.05) is 13.8 Å². The highest BCUT2D eigenvalue weighted by molar-refractivity contribution is 7.09. The van der Waals surface area contributed by atoms with E-state index in [9.17, 15) is 9.59 Å². The Kier molecular flexibility index (Phi) is 6.47. The minimum absolute atomic E-state index is 0.000728. The molecular formula is C19H29N5O3S. The first-order valence-electron chi connectivity index (χ1n) is 9.66. The molecule has 2 saturated heterocycles. The van der Waals surface area contributed by atoms with Gasteiger partial charge in [0.1, 0.15) is 11.9 Å². The lowest BCUT2D eigenvalue weighted by Crippen LogP contribution is -2.58. The molecule has 2 atom stereocenters. The lowest BCUT2D eigenvalue weighted by molar-refractivity contribution is -0.136.